The summed E-state index contributed by atoms with van der Waals surface area (Å²) in [7, 11) is 0. The molecule has 1 aliphatic heterocycles. The molecular formula is C13H11NO4S2. The molecule has 0 unspecified atom stereocenters. The zero-order valence-corrected chi connectivity index (χ0v) is 12.1. The largest absolute Gasteiger partial charge is 0.493 e. The lowest BCUT2D eigenvalue weighted by Gasteiger charge is -2.07. The van der Waals surface area contributed by atoms with Gasteiger partial charge in [-0.25, -0.2) is 4.79 Å². The Bertz CT molecular complexity index is 625. The molecule has 5 nitrogen and oxygen atoms in total. The Balaban J connectivity index is 2.37. The van der Waals surface area contributed by atoms with Crippen molar-refractivity contribution in [3.05, 3.63) is 34.2 Å². The molecule has 1 aromatic carbocycles. The number of hydrogen-bond acceptors (Lipinski definition) is 5. The van der Waals surface area contributed by atoms with E-state index in [1.165, 1.54) is 6.07 Å². The van der Waals surface area contributed by atoms with Gasteiger partial charge in [-0.2, -0.15) is 0 Å². The van der Waals surface area contributed by atoms with Gasteiger partial charge in [0.25, 0.3) is 5.91 Å². The molecule has 1 aromatic rings. The molecule has 1 heterocycles. The van der Waals surface area contributed by atoms with Crippen LogP contribution >= 0.6 is 24.0 Å². The molecule has 1 fully saturated rings. The van der Waals surface area contributed by atoms with E-state index in [9.17, 15) is 9.59 Å². The lowest BCUT2D eigenvalue weighted by atomic mass is 10.1. The third kappa shape index (κ3) is 3.17. The third-order valence-electron chi connectivity index (χ3n) is 2.47. The lowest BCUT2D eigenvalue weighted by Crippen LogP contribution is -2.17. The van der Waals surface area contributed by atoms with Crippen LogP contribution in [0.2, 0.25) is 0 Å². The van der Waals surface area contributed by atoms with Crippen molar-refractivity contribution in [3.63, 3.8) is 0 Å². The monoisotopic (exact) mass is 309 g/mol. The Kier molecular flexibility index (Phi) is 4.41. The fourth-order valence-electron chi connectivity index (χ4n) is 1.66. The first-order valence-electron chi connectivity index (χ1n) is 5.76. The topological polar surface area (TPSA) is 75.6 Å². The molecule has 104 valence electrons. The van der Waals surface area contributed by atoms with Gasteiger partial charge in [0, 0.05) is 0 Å². The number of carbonyl (C=O) groups excluding carboxylic acids is 1. The lowest BCUT2D eigenvalue weighted by molar-refractivity contribution is -0.115. The quantitative estimate of drug-likeness (QED) is 0.656. The van der Waals surface area contributed by atoms with Gasteiger partial charge in [0.1, 0.15) is 15.6 Å². The van der Waals surface area contributed by atoms with Gasteiger partial charge in [0.2, 0.25) is 0 Å². The molecule has 20 heavy (non-hydrogen) atoms. The first-order valence-corrected chi connectivity index (χ1v) is 6.98. The minimum absolute atomic E-state index is 0.0622. The van der Waals surface area contributed by atoms with Crippen LogP contribution in [0, 0.1) is 0 Å². The van der Waals surface area contributed by atoms with Crippen molar-refractivity contribution in [2.24, 2.45) is 0 Å². The molecule has 1 aliphatic rings. The molecule has 0 spiro atoms. The average molecular weight is 309 g/mol. The van der Waals surface area contributed by atoms with Crippen LogP contribution in [0.5, 0.6) is 5.75 Å². The van der Waals surface area contributed by atoms with Crippen molar-refractivity contribution in [1.29, 1.82) is 0 Å². The van der Waals surface area contributed by atoms with Crippen molar-refractivity contribution >= 4 is 46.3 Å². The number of benzene rings is 1. The standard InChI is InChI=1S/C13H11NO4S2/c1-2-18-9-4-3-7(5-8(9)12(16)17)6-10-11(15)14-13(19)20-10/h3-6H,2H2,1H3,(H,16,17)(H,14,15,19). The van der Waals surface area contributed by atoms with Gasteiger partial charge in [-0.3, -0.25) is 4.79 Å². The van der Waals surface area contributed by atoms with E-state index in [2.05, 4.69) is 5.32 Å². The van der Waals surface area contributed by atoms with Crippen molar-refractivity contribution in [3.8, 4) is 5.75 Å². The summed E-state index contributed by atoms with van der Waals surface area (Å²) in [4.78, 5) is 23.2. The van der Waals surface area contributed by atoms with Gasteiger partial charge in [-0.1, -0.05) is 30.0 Å². The van der Waals surface area contributed by atoms with Gasteiger partial charge in [0.05, 0.1) is 11.5 Å². The highest BCUT2D eigenvalue weighted by molar-refractivity contribution is 8.26. The highest BCUT2D eigenvalue weighted by Gasteiger charge is 2.22. The summed E-state index contributed by atoms with van der Waals surface area (Å²) in [5, 5.41) is 11.7. The second-order valence-corrected chi connectivity index (χ2v) is 5.56. The van der Waals surface area contributed by atoms with Crippen LogP contribution in [-0.4, -0.2) is 27.9 Å². The van der Waals surface area contributed by atoms with Crippen molar-refractivity contribution in [2.45, 2.75) is 6.92 Å². The van der Waals surface area contributed by atoms with Gasteiger partial charge < -0.3 is 15.2 Å². The number of carboxylic acid groups (broad SMARTS) is 1. The smallest absolute Gasteiger partial charge is 0.339 e. The minimum atomic E-state index is -1.08. The summed E-state index contributed by atoms with van der Waals surface area (Å²) >= 11 is 6.04. The number of carboxylic acids is 1. The molecule has 0 radical (unpaired) electrons. The van der Waals surface area contributed by atoms with E-state index in [4.69, 9.17) is 22.1 Å². The van der Waals surface area contributed by atoms with E-state index in [0.29, 0.717) is 27.1 Å². The molecule has 7 heteroatoms. The van der Waals surface area contributed by atoms with E-state index in [0.717, 1.165) is 11.8 Å². The average Bonchev–Trinajstić information content (AvgIpc) is 2.69. The van der Waals surface area contributed by atoms with Crippen LogP contribution in [0.3, 0.4) is 0 Å². The summed E-state index contributed by atoms with van der Waals surface area (Å²) in [6.07, 6.45) is 1.60. The van der Waals surface area contributed by atoms with Gasteiger partial charge in [-0.15, -0.1) is 0 Å². The maximum absolute atomic E-state index is 11.5. The normalized spacial score (nSPS) is 16.4. The SMILES string of the molecule is CCOc1ccc(C=C2SC(=S)NC2=O)cc1C(=O)O. The molecule has 1 amide bonds. The number of rotatable bonds is 4. The van der Waals surface area contributed by atoms with Crippen LogP contribution in [0.4, 0.5) is 0 Å². The molecule has 0 bridgehead atoms. The Morgan fingerprint density at radius 2 is 2.30 bits per heavy atom. The van der Waals surface area contributed by atoms with Crippen LogP contribution in [-0.2, 0) is 4.79 Å². The van der Waals surface area contributed by atoms with Gasteiger partial charge >= 0.3 is 5.97 Å². The molecule has 2 rings (SSSR count). The molecule has 0 saturated carbocycles. The predicted molar refractivity (Wildman–Crippen MR) is 80.9 cm³/mol. The first-order chi connectivity index (χ1) is 9.51. The number of hydrogen-bond donors (Lipinski definition) is 2. The van der Waals surface area contributed by atoms with E-state index >= 15 is 0 Å². The third-order valence-corrected chi connectivity index (χ3v) is 3.64. The number of nitrogens with one attached hydrogen (secondary N) is 1. The molecule has 2 N–H and O–H groups in total. The summed E-state index contributed by atoms with van der Waals surface area (Å²) in [6, 6.07) is 4.74. The van der Waals surface area contributed by atoms with Crippen LogP contribution in [0.1, 0.15) is 22.8 Å². The number of aromatic carboxylic acids is 1. The van der Waals surface area contributed by atoms with E-state index in [1.54, 1.807) is 25.1 Å². The molecule has 1 saturated heterocycles. The Morgan fingerprint density at radius 1 is 1.55 bits per heavy atom. The van der Waals surface area contributed by atoms with Gasteiger partial charge in [0.15, 0.2) is 0 Å². The van der Waals surface area contributed by atoms with Crippen LogP contribution in [0.25, 0.3) is 6.08 Å². The number of amides is 1. The van der Waals surface area contributed by atoms with E-state index < -0.39 is 5.97 Å². The zero-order chi connectivity index (χ0) is 14.7. The maximum Gasteiger partial charge on any atom is 0.339 e. The number of thioether (sulfide) groups is 1. The second kappa shape index (κ2) is 6.06. The summed E-state index contributed by atoms with van der Waals surface area (Å²) in [6.45, 7) is 2.16. The number of ether oxygens (including phenoxy) is 1. The summed E-state index contributed by atoms with van der Waals surface area (Å²) in [5.74, 6) is -1.04. The summed E-state index contributed by atoms with van der Waals surface area (Å²) in [5.41, 5.74) is 0.667. The highest BCUT2D eigenvalue weighted by atomic mass is 32.2. The maximum atomic E-state index is 11.5. The van der Waals surface area contributed by atoms with Crippen molar-refractivity contribution in [2.75, 3.05) is 6.61 Å². The minimum Gasteiger partial charge on any atom is -0.493 e. The fourth-order valence-corrected chi connectivity index (χ4v) is 2.70. The Labute approximate surface area is 125 Å². The van der Waals surface area contributed by atoms with Gasteiger partial charge in [-0.05, 0) is 30.7 Å². The number of carbonyl (C=O) groups is 2. The highest BCUT2D eigenvalue weighted by Crippen LogP contribution is 2.28. The van der Waals surface area contributed by atoms with E-state index in [1.807, 2.05) is 0 Å². The predicted octanol–water partition coefficient (Wildman–Crippen LogP) is 2.27. The second-order valence-electron chi connectivity index (χ2n) is 3.85. The fraction of sp³-hybridized carbons (Fsp3) is 0.154. The van der Waals surface area contributed by atoms with Crippen molar-refractivity contribution < 1.29 is 19.4 Å². The molecule has 0 aliphatic carbocycles. The zero-order valence-electron chi connectivity index (χ0n) is 10.5. The first kappa shape index (κ1) is 14.5. The number of thiocarbonyl (C=S) groups is 1. The van der Waals surface area contributed by atoms with E-state index in [-0.39, 0.29) is 11.5 Å². The van der Waals surface area contributed by atoms with Crippen LogP contribution < -0.4 is 10.1 Å². The molecule has 0 atom stereocenters. The molecule has 0 aromatic heterocycles. The van der Waals surface area contributed by atoms with Crippen molar-refractivity contribution in [1.82, 2.24) is 5.32 Å². The summed E-state index contributed by atoms with van der Waals surface area (Å²) < 4.78 is 5.65. The Hall–Kier alpha value is -1.86. The Morgan fingerprint density at radius 3 is 2.85 bits per heavy atom. The molecular weight excluding hydrogens is 298 g/mol. The van der Waals surface area contributed by atoms with Crippen LogP contribution in [0.15, 0.2) is 23.1 Å².